The van der Waals surface area contributed by atoms with E-state index in [0.29, 0.717) is 29.3 Å². The number of hydrogen-bond donors (Lipinski definition) is 1. The summed E-state index contributed by atoms with van der Waals surface area (Å²) in [7, 11) is 1.55. The molecule has 106 valence electrons. The third-order valence-electron chi connectivity index (χ3n) is 3.17. The van der Waals surface area contributed by atoms with E-state index in [4.69, 9.17) is 9.47 Å². The van der Waals surface area contributed by atoms with Crippen LogP contribution in [-0.4, -0.2) is 28.6 Å². The number of nitrogens with one attached hydrogen (secondary N) is 1. The summed E-state index contributed by atoms with van der Waals surface area (Å²) in [5, 5.41) is 7.67. The lowest BCUT2D eigenvalue weighted by atomic mass is 10.2. The van der Waals surface area contributed by atoms with E-state index in [1.807, 2.05) is 6.07 Å². The molecule has 3 rings (SSSR count). The molecule has 6 nitrogen and oxygen atoms in total. The Balaban J connectivity index is 1.84. The van der Waals surface area contributed by atoms with Crippen LogP contribution in [0, 0.1) is 0 Å². The minimum absolute atomic E-state index is 0.325. The molecule has 0 radical (unpaired) electrons. The number of ether oxygens (including phenoxy) is 2. The lowest BCUT2D eigenvalue weighted by molar-refractivity contribution is 0.111. The second-order valence-electron chi connectivity index (χ2n) is 4.41. The van der Waals surface area contributed by atoms with Crippen molar-refractivity contribution in [3.05, 3.63) is 47.8 Å². The van der Waals surface area contributed by atoms with Gasteiger partial charge in [0.05, 0.1) is 18.9 Å². The third-order valence-corrected chi connectivity index (χ3v) is 3.17. The second kappa shape index (κ2) is 5.62. The van der Waals surface area contributed by atoms with E-state index in [-0.39, 0.29) is 0 Å². The highest BCUT2D eigenvalue weighted by Crippen LogP contribution is 2.24. The molecule has 2 heterocycles. The minimum Gasteiger partial charge on any atom is -0.497 e. The topological polar surface area (TPSA) is 77.1 Å². The summed E-state index contributed by atoms with van der Waals surface area (Å²) in [6.07, 6.45) is 4.14. The number of aldehydes is 1. The Morgan fingerprint density at radius 1 is 1.33 bits per heavy atom. The maximum atomic E-state index is 11.1. The lowest BCUT2D eigenvalue weighted by Gasteiger charge is -2.10. The molecule has 2 aromatic heterocycles. The number of rotatable bonds is 5. The Hall–Kier alpha value is -2.89. The summed E-state index contributed by atoms with van der Waals surface area (Å²) in [5.41, 5.74) is 2.11. The maximum absolute atomic E-state index is 11.1. The summed E-state index contributed by atoms with van der Waals surface area (Å²) in [5.74, 6) is 1.13. The third kappa shape index (κ3) is 2.55. The average molecular weight is 283 g/mol. The van der Waals surface area contributed by atoms with Gasteiger partial charge in [-0.2, -0.15) is 5.10 Å². The number of carbonyl (C=O) groups excluding carboxylic acids is 1. The Kier molecular flexibility index (Phi) is 3.51. The number of nitrogens with zero attached hydrogens (tertiary/aromatic N) is 2. The number of carbonyl (C=O) groups is 1. The molecule has 1 N–H and O–H groups in total. The van der Waals surface area contributed by atoms with Crippen molar-refractivity contribution in [1.29, 1.82) is 0 Å². The number of benzene rings is 1. The number of aromatic nitrogens is 3. The first kappa shape index (κ1) is 13.1. The molecule has 0 saturated heterocycles. The normalized spacial score (nSPS) is 10.5. The van der Waals surface area contributed by atoms with Gasteiger partial charge in [0.1, 0.15) is 18.1 Å². The minimum atomic E-state index is 0.325. The fourth-order valence-corrected chi connectivity index (χ4v) is 2.06. The smallest absolute Gasteiger partial charge is 0.155 e. The van der Waals surface area contributed by atoms with Crippen LogP contribution in [0.2, 0.25) is 0 Å². The molecule has 0 saturated carbocycles. The van der Waals surface area contributed by atoms with E-state index in [2.05, 4.69) is 15.2 Å². The molecule has 0 spiro atoms. The van der Waals surface area contributed by atoms with Gasteiger partial charge in [-0.1, -0.05) is 0 Å². The molecule has 1 aromatic carbocycles. The van der Waals surface area contributed by atoms with Crippen molar-refractivity contribution in [2.24, 2.45) is 0 Å². The van der Waals surface area contributed by atoms with Crippen LogP contribution in [0.25, 0.3) is 11.0 Å². The van der Waals surface area contributed by atoms with Crippen LogP contribution < -0.4 is 9.47 Å². The van der Waals surface area contributed by atoms with Crippen LogP contribution >= 0.6 is 0 Å². The van der Waals surface area contributed by atoms with Gasteiger partial charge >= 0.3 is 0 Å². The zero-order chi connectivity index (χ0) is 14.7. The van der Waals surface area contributed by atoms with Crippen molar-refractivity contribution in [1.82, 2.24) is 15.2 Å². The van der Waals surface area contributed by atoms with Crippen LogP contribution in [0.15, 0.2) is 36.7 Å². The molecule has 0 fully saturated rings. The van der Waals surface area contributed by atoms with Crippen molar-refractivity contribution in [3.8, 4) is 11.5 Å². The molecule has 0 aliphatic rings. The van der Waals surface area contributed by atoms with Crippen molar-refractivity contribution in [2.75, 3.05) is 7.11 Å². The Labute approximate surface area is 120 Å². The molecule has 6 heteroatoms. The van der Waals surface area contributed by atoms with Gasteiger partial charge in [-0.25, -0.2) is 4.98 Å². The number of hydrogen-bond acceptors (Lipinski definition) is 5. The summed E-state index contributed by atoms with van der Waals surface area (Å²) >= 11 is 0. The van der Waals surface area contributed by atoms with Crippen LogP contribution in [0.4, 0.5) is 0 Å². The fourth-order valence-electron chi connectivity index (χ4n) is 2.06. The van der Waals surface area contributed by atoms with Crippen molar-refractivity contribution < 1.29 is 14.3 Å². The van der Waals surface area contributed by atoms with Crippen LogP contribution in [0.3, 0.4) is 0 Å². The first-order chi connectivity index (χ1) is 10.3. The molecule has 0 unspecified atom stereocenters. The SMILES string of the molecule is COc1ccc(OCc2ccnc3[nH]ncc23)c(C=O)c1. The van der Waals surface area contributed by atoms with E-state index in [1.165, 1.54) is 0 Å². The second-order valence-corrected chi connectivity index (χ2v) is 4.41. The van der Waals surface area contributed by atoms with Gasteiger partial charge in [-0.3, -0.25) is 9.89 Å². The Bertz CT molecular complexity index is 783. The predicted molar refractivity (Wildman–Crippen MR) is 76.6 cm³/mol. The van der Waals surface area contributed by atoms with Gasteiger partial charge in [0.2, 0.25) is 0 Å². The highest BCUT2D eigenvalue weighted by Gasteiger charge is 2.08. The summed E-state index contributed by atoms with van der Waals surface area (Å²) in [6.45, 7) is 0.325. The number of fused-ring (bicyclic) bond motifs is 1. The fraction of sp³-hybridized carbons (Fsp3) is 0.133. The average Bonchev–Trinajstić information content (AvgIpc) is 3.01. The summed E-state index contributed by atoms with van der Waals surface area (Å²) in [4.78, 5) is 15.3. The molecule has 0 atom stereocenters. The molecule has 0 aliphatic carbocycles. The molecular weight excluding hydrogens is 270 g/mol. The monoisotopic (exact) mass is 283 g/mol. The molecular formula is C15H13N3O3. The predicted octanol–water partition coefficient (Wildman–Crippen LogP) is 2.36. The maximum Gasteiger partial charge on any atom is 0.155 e. The standard InChI is InChI=1S/C15H13N3O3/c1-20-12-2-3-14(11(6-12)8-19)21-9-10-4-5-16-15-13(10)7-17-18-15/h2-8H,9H2,1H3,(H,16,17,18). The summed E-state index contributed by atoms with van der Waals surface area (Å²) in [6, 6.07) is 6.98. The van der Waals surface area contributed by atoms with Gasteiger partial charge < -0.3 is 9.47 Å². The van der Waals surface area contributed by atoms with Crippen molar-refractivity contribution in [3.63, 3.8) is 0 Å². The van der Waals surface area contributed by atoms with Gasteiger partial charge in [-0.05, 0) is 24.3 Å². The van der Waals surface area contributed by atoms with Crippen molar-refractivity contribution >= 4 is 17.3 Å². The zero-order valence-corrected chi connectivity index (χ0v) is 11.4. The molecule has 0 bridgehead atoms. The largest absolute Gasteiger partial charge is 0.497 e. The van der Waals surface area contributed by atoms with Crippen LogP contribution in [0.5, 0.6) is 11.5 Å². The first-order valence-electron chi connectivity index (χ1n) is 6.35. The quantitative estimate of drug-likeness (QED) is 0.727. The molecule has 0 aliphatic heterocycles. The number of aromatic amines is 1. The molecule has 21 heavy (non-hydrogen) atoms. The summed E-state index contributed by atoms with van der Waals surface area (Å²) < 4.78 is 10.8. The molecule has 0 amide bonds. The van der Waals surface area contributed by atoms with E-state index in [0.717, 1.165) is 17.2 Å². The van der Waals surface area contributed by atoms with Gasteiger partial charge in [0.25, 0.3) is 0 Å². The van der Waals surface area contributed by atoms with E-state index >= 15 is 0 Å². The van der Waals surface area contributed by atoms with Gasteiger partial charge in [-0.15, -0.1) is 0 Å². The number of H-pyrrole nitrogens is 1. The highest BCUT2D eigenvalue weighted by atomic mass is 16.5. The Morgan fingerprint density at radius 3 is 3.05 bits per heavy atom. The molecule has 3 aromatic rings. The van der Waals surface area contributed by atoms with Crippen LogP contribution in [0.1, 0.15) is 15.9 Å². The highest BCUT2D eigenvalue weighted by molar-refractivity contribution is 5.80. The van der Waals surface area contributed by atoms with E-state index in [1.54, 1.807) is 37.7 Å². The Morgan fingerprint density at radius 2 is 2.24 bits per heavy atom. The lowest BCUT2D eigenvalue weighted by Crippen LogP contribution is -1.99. The van der Waals surface area contributed by atoms with Crippen LogP contribution in [-0.2, 0) is 6.61 Å². The first-order valence-corrected chi connectivity index (χ1v) is 6.35. The van der Waals surface area contributed by atoms with Crippen molar-refractivity contribution in [2.45, 2.75) is 6.61 Å². The number of pyridine rings is 1. The van der Waals surface area contributed by atoms with E-state index < -0.39 is 0 Å². The van der Waals surface area contributed by atoms with E-state index in [9.17, 15) is 4.79 Å². The van der Waals surface area contributed by atoms with Gasteiger partial charge in [0, 0.05) is 17.1 Å². The number of methoxy groups -OCH3 is 1. The van der Waals surface area contributed by atoms with Gasteiger partial charge in [0.15, 0.2) is 11.9 Å². The zero-order valence-electron chi connectivity index (χ0n) is 11.4.